The smallest absolute Gasteiger partial charge is 0.253 e. The number of nitrogens with zero attached hydrogens (tertiary/aromatic N) is 1. The van der Waals surface area contributed by atoms with Crippen molar-refractivity contribution < 1.29 is 4.79 Å². The predicted octanol–water partition coefficient (Wildman–Crippen LogP) is 3.71. The van der Waals surface area contributed by atoms with Crippen LogP contribution in [0, 0.1) is 0 Å². The standard InChI is InChI=1S/C13H18BrNO/c1-3-5-10-15(4-2)13(16)11-6-8-12(14)9-7-11/h6-9H,3-5,10H2,1-2H3. The fourth-order valence-electron chi connectivity index (χ4n) is 1.53. The molecule has 0 aliphatic heterocycles. The first kappa shape index (κ1) is 13.2. The van der Waals surface area contributed by atoms with Crippen LogP contribution in [0.2, 0.25) is 0 Å². The van der Waals surface area contributed by atoms with E-state index in [4.69, 9.17) is 0 Å². The third kappa shape index (κ3) is 3.63. The summed E-state index contributed by atoms with van der Waals surface area (Å²) in [5.41, 5.74) is 0.765. The molecule has 0 saturated carbocycles. The van der Waals surface area contributed by atoms with Crippen molar-refractivity contribution in [1.29, 1.82) is 0 Å². The van der Waals surface area contributed by atoms with Gasteiger partial charge >= 0.3 is 0 Å². The minimum absolute atomic E-state index is 0.128. The molecule has 0 heterocycles. The van der Waals surface area contributed by atoms with Crippen LogP contribution in [0.3, 0.4) is 0 Å². The van der Waals surface area contributed by atoms with Crippen molar-refractivity contribution in [2.75, 3.05) is 13.1 Å². The molecule has 16 heavy (non-hydrogen) atoms. The monoisotopic (exact) mass is 283 g/mol. The lowest BCUT2D eigenvalue weighted by Crippen LogP contribution is -2.31. The van der Waals surface area contributed by atoms with E-state index in [9.17, 15) is 4.79 Å². The average Bonchev–Trinajstić information content (AvgIpc) is 2.30. The maximum atomic E-state index is 12.1. The van der Waals surface area contributed by atoms with Crippen LogP contribution in [0.5, 0.6) is 0 Å². The lowest BCUT2D eigenvalue weighted by molar-refractivity contribution is 0.0762. The summed E-state index contributed by atoms with van der Waals surface area (Å²) in [6.45, 7) is 5.78. The number of halogens is 1. The maximum absolute atomic E-state index is 12.1. The van der Waals surface area contributed by atoms with E-state index in [-0.39, 0.29) is 5.91 Å². The molecule has 0 aromatic heterocycles. The average molecular weight is 284 g/mol. The van der Waals surface area contributed by atoms with Crippen molar-refractivity contribution in [3.8, 4) is 0 Å². The Hall–Kier alpha value is -0.830. The van der Waals surface area contributed by atoms with Gasteiger partial charge in [-0.3, -0.25) is 4.79 Å². The highest BCUT2D eigenvalue weighted by molar-refractivity contribution is 9.10. The van der Waals surface area contributed by atoms with Gasteiger partial charge in [0.1, 0.15) is 0 Å². The van der Waals surface area contributed by atoms with Crippen LogP contribution in [0.25, 0.3) is 0 Å². The second kappa shape index (κ2) is 6.69. The molecule has 3 heteroatoms. The zero-order valence-electron chi connectivity index (χ0n) is 9.87. The number of amides is 1. The fourth-order valence-corrected chi connectivity index (χ4v) is 1.79. The molecule has 0 radical (unpaired) electrons. The summed E-state index contributed by atoms with van der Waals surface area (Å²) < 4.78 is 1.00. The molecule has 1 amide bonds. The lowest BCUT2D eigenvalue weighted by Gasteiger charge is -2.20. The fraction of sp³-hybridized carbons (Fsp3) is 0.462. The van der Waals surface area contributed by atoms with Crippen molar-refractivity contribution in [3.63, 3.8) is 0 Å². The van der Waals surface area contributed by atoms with Crippen LogP contribution < -0.4 is 0 Å². The highest BCUT2D eigenvalue weighted by Crippen LogP contribution is 2.12. The molecule has 0 N–H and O–H groups in total. The molecule has 0 spiro atoms. The van der Waals surface area contributed by atoms with E-state index < -0.39 is 0 Å². The Labute approximate surface area is 106 Å². The third-order valence-corrected chi connectivity index (χ3v) is 3.07. The number of carbonyl (C=O) groups excluding carboxylic acids is 1. The van der Waals surface area contributed by atoms with Gasteiger partial charge in [-0.05, 0) is 37.6 Å². The molecule has 1 rings (SSSR count). The molecule has 0 unspecified atom stereocenters. The number of benzene rings is 1. The molecule has 0 atom stereocenters. The third-order valence-electron chi connectivity index (χ3n) is 2.54. The van der Waals surface area contributed by atoms with Gasteiger partial charge in [0, 0.05) is 23.1 Å². The van der Waals surface area contributed by atoms with E-state index in [1.807, 2.05) is 36.1 Å². The van der Waals surface area contributed by atoms with Gasteiger partial charge in [-0.15, -0.1) is 0 Å². The van der Waals surface area contributed by atoms with Gasteiger partial charge in [0.15, 0.2) is 0 Å². The van der Waals surface area contributed by atoms with Crippen LogP contribution in [0.4, 0.5) is 0 Å². The summed E-state index contributed by atoms with van der Waals surface area (Å²) >= 11 is 3.37. The minimum atomic E-state index is 0.128. The predicted molar refractivity (Wildman–Crippen MR) is 70.6 cm³/mol. The van der Waals surface area contributed by atoms with Gasteiger partial charge in [0.2, 0.25) is 0 Å². The van der Waals surface area contributed by atoms with Crippen molar-refractivity contribution in [2.45, 2.75) is 26.7 Å². The summed E-state index contributed by atoms with van der Waals surface area (Å²) in [6.07, 6.45) is 2.18. The van der Waals surface area contributed by atoms with Crippen LogP contribution in [0.1, 0.15) is 37.0 Å². The van der Waals surface area contributed by atoms with E-state index in [2.05, 4.69) is 22.9 Å². The molecule has 2 nitrogen and oxygen atoms in total. The minimum Gasteiger partial charge on any atom is -0.339 e. The van der Waals surface area contributed by atoms with E-state index in [1.165, 1.54) is 0 Å². The molecule has 0 aliphatic carbocycles. The van der Waals surface area contributed by atoms with E-state index in [0.29, 0.717) is 0 Å². The van der Waals surface area contributed by atoms with Crippen LogP contribution in [0.15, 0.2) is 28.7 Å². The topological polar surface area (TPSA) is 20.3 Å². The molecule has 1 aromatic rings. The summed E-state index contributed by atoms with van der Waals surface area (Å²) in [4.78, 5) is 14.0. The first-order valence-electron chi connectivity index (χ1n) is 5.73. The first-order valence-corrected chi connectivity index (χ1v) is 6.53. The van der Waals surface area contributed by atoms with Crippen LogP contribution in [-0.2, 0) is 0 Å². The maximum Gasteiger partial charge on any atom is 0.253 e. The molecule has 1 aromatic carbocycles. The van der Waals surface area contributed by atoms with Gasteiger partial charge < -0.3 is 4.90 Å². The molecule has 0 fully saturated rings. The lowest BCUT2D eigenvalue weighted by atomic mass is 10.2. The number of rotatable bonds is 5. The Balaban J connectivity index is 2.70. The van der Waals surface area contributed by atoms with Crippen molar-refractivity contribution in [3.05, 3.63) is 34.3 Å². The largest absolute Gasteiger partial charge is 0.339 e. The Morgan fingerprint density at radius 1 is 1.25 bits per heavy atom. The van der Waals surface area contributed by atoms with E-state index >= 15 is 0 Å². The van der Waals surface area contributed by atoms with E-state index in [0.717, 1.165) is 36.0 Å². The molecule has 0 saturated heterocycles. The van der Waals surface area contributed by atoms with Crippen molar-refractivity contribution >= 4 is 21.8 Å². The van der Waals surface area contributed by atoms with Gasteiger partial charge in [-0.25, -0.2) is 0 Å². The number of unbranched alkanes of at least 4 members (excludes halogenated alkanes) is 1. The summed E-state index contributed by atoms with van der Waals surface area (Å²) in [6, 6.07) is 7.53. The van der Waals surface area contributed by atoms with Gasteiger partial charge in [0.05, 0.1) is 0 Å². The van der Waals surface area contributed by atoms with Crippen molar-refractivity contribution in [1.82, 2.24) is 4.90 Å². The van der Waals surface area contributed by atoms with Gasteiger partial charge in [-0.1, -0.05) is 29.3 Å². The van der Waals surface area contributed by atoms with Gasteiger partial charge in [-0.2, -0.15) is 0 Å². The number of hydrogen-bond acceptors (Lipinski definition) is 1. The molecule has 0 bridgehead atoms. The highest BCUT2D eigenvalue weighted by atomic mass is 79.9. The first-order chi connectivity index (χ1) is 7.69. The van der Waals surface area contributed by atoms with Crippen LogP contribution >= 0.6 is 15.9 Å². The Morgan fingerprint density at radius 3 is 2.38 bits per heavy atom. The van der Waals surface area contributed by atoms with E-state index in [1.54, 1.807) is 0 Å². The SMILES string of the molecule is CCCCN(CC)C(=O)c1ccc(Br)cc1. The molecule has 88 valence electrons. The second-order valence-corrected chi connectivity index (χ2v) is 4.66. The summed E-state index contributed by atoms with van der Waals surface area (Å²) in [5, 5.41) is 0. The Morgan fingerprint density at radius 2 is 1.88 bits per heavy atom. The zero-order valence-corrected chi connectivity index (χ0v) is 11.5. The highest BCUT2D eigenvalue weighted by Gasteiger charge is 2.12. The quantitative estimate of drug-likeness (QED) is 0.807. The Bertz CT molecular complexity index is 334. The molecule has 0 aliphatic rings. The molecular formula is C13H18BrNO. The Kier molecular flexibility index (Phi) is 5.53. The number of hydrogen-bond donors (Lipinski definition) is 0. The zero-order chi connectivity index (χ0) is 12.0. The van der Waals surface area contributed by atoms with Crippen LogP contribution in [-0.4, -0.2) is 23.9 Å². The summed E-state index contributed by atoms with van der Waals surface area (Å²) in [5.74, 6) is 0.128. The van der Waals surface area contributed by atoms with Crippen molar-refractivity contribution in [2.24, 2.45) is 0 Å². The normalized spacial score (nSPS) is 10.2. The van der Waals surface area contributed by atoms with Gasteiger partial charge in [0.25, 0.3) is 5.91 Å². The summed E-state index contributed by atoms with van der Waals surface area (Å²) in [7, 11) is 0. The number of carbonyl (C=O) groups is 1. The second-order valence-electron chi connectivity index (χ2n) is 3.75. The molecular weight excluding hydrogens is 266 g/mol.